The molecular formula is C11H9IO4. The van der Waals surface area contributed by atoms with Crippen molar-refractivity contribution >= 4 is 28.7 Å². The normalized spacial score (nSPS) is 8.62. The summed E-state index contributed by atoms with van der Waals surface area (Å²) in [5.74, 6) is 3.66. The molecule has 0 saturated heterocycles. The molecule has 84 valence electrons. The van der Waals surface area contributed by atoms with Crippen LogP contribution in [0.3, 0.4) is 0 Å². The van der Waals surface area contributed by atoms with Gasteiger partial charge in [-0.25, -0.2) is 4.79 Å². The molecule has 0 fully saturated rings. The molecule has 1 aromatic carbocycles. The molecule has 1 aromatic rings. The first-order valence-electron chi connectivity index (χ1n) is 4.33. The Balaban J connectivity index is 2.45. The zero-order valence-electron chi connectivity index (χ0n) is 8.53. The second-order valence-corrected chi connectivity index (χ2v) is 3.13. The van der Waals surface area contributed by atoms with Crippen molar-refractivity contribution in [2.24, 2.45) is 0 Å². The standard InChI is InChI=1S/C11H9IO4/c1-14-9-3-5-10(6-4-9)16-11(13)15-8-2-7-12/h3-6H,8H2,1H3. The van der Waals surface area contributed by atoms with Gasteiger partial charge in [0.2, 0.25) is 0 Å². The van der Waals surface area contributed by atoms with E-state index in [9.17, 15) is 4.79 Å². The molecule has 0 saturated carbocycles. The van der Waals surface area contributed by atoms with Crippen LogP contribution >= 0.6 is 22.6 Å². The lowest BCUT2D eigenvalue weighted by Gasteiger charge is -2.04. The van der Waals surface area contributed by atoms with Crippen LogP contribution in [0.1, 0.15) is 0 Å². The highest BCUT2D eigenvalue weighted by Gasteiger charge is 2.04. The minimum absolute atomic E-state index is 0.0257. The van der Waals surface area contributed by atoms with Crippen LogP contribution in [0.25, 0.3) is 0 Å². The topological polar surface area (TPSA) is 44.8 Å². The van der Waals surface area contributed by atoms with Crippen LogP contribution in [0.5, 0.6) is 11.5 Å². The van der Waals surface area contributed by atoms with Gasteiger partial charge in [0, 0.05) is 22.6 Å². The highest BCUT2D eigenvalue weighted by Crippen LogP contribution is 2.17. The van der Waals surface area contributed by atoms with Gasteiger partial charge in [-0.3, -0.25) is 0 Å². The Bertz CT molecular complexity index is 402. The quantitative estimate of drug-likeness (QED) is 0.369. The van der Waals surface area contributed by atoms with Crippen molar-refractivity contribution < 1.29 is 19.0 Å². The minimum atomic E-state index is -0.774. The van der Waals surface area contributed by atoms with Crippen LogP contribution in [0.15, 0.2) is 24.3 Å². The number of carbonyl (C=O) groups is 1. The van der Waals surface area contributed by atoms with Gasteiger partial charge in [0.1, 0.15) is 11.5 Å². The molecule has 0 unspecified atom stereocenters. The average molecular weight is 332 g/mol. The Kier molecular flexibility index (Phi) is 5.50. The van der Waals surface area contributed by atoms with E-state index in [2.05, 4.69) is 14.6 Å². The fourth-order valence-corrected chi connectivity index (χ4v) is 1.05. The van der Waals surface area contributed by atoms with Crippen LogP contribution < -0.4 is 9.47 Å². The number of rotatable bonds is 3. The highest BCUT2D eigenvalue weighted by atomic mass is 127. The molecule has 1 rings (SSSR count). The van der Waals surface area contributed by atoms with Gasteiger partial charge in [0.05, 0.1) is 7.11 Å². The summed E-state index contributed by atoms with van der Waals surface area (Å²) in [5.41, 5.74) is 0. The van der Waals surface area contributed by atoms with Crippen molar-refractivity contribution in [3.63, 3.8) is 0 Å². The SMILES string of the molecule is COc1ccc(OC(=O)OCC#CI)cc1. The maximum absolute atomic E-state index is 11.1. The summed E-state index contributed by atoms with van der Waals surface area (Å²) in [6, 6.07) is 6.61. The highest BCUT2D eigenvalue weighted by molar-refractivity contribution is 14.1. The predicted molar refractivity (Wildman–Crippen MR) is 66.8 cm³/mol. The fraction of sp³-hybridized carbons (Fsp3) is 0.182. The summed E-state index contributed by atoms with van der Waals surface area (Å²) in [6.07, 6.45) is -0.774. The maximum atomic E-state index is 11.1. The Morgan fingerprint density at radius 3 is 2.50 bits per heavy atom. The lowest BCUT2D eigenvalue weighted by atomic mass is 10.3. The van der Waals surface area contributed by atoms with Crippen molar-refractivity contribution in [1.29, 1.82) is 0 Å². The van der Waals surface area contributed by atoms with Crippen LogP contribution in [0.4, 0.5) is 4.79 Å². The number of methoxy groups -OCH3 is 1. The second kappa shape index (κ2) is 6.95. The van der Waals surface area contributed by atoms with Crippen molar-refractivity contribution in [1.82, 2.24) is 0 Å². The lowest BCUT2D eigenvalue weighted by Crippen LogP contribution is -2.10. The van der Waals surface area contributed by atoms with Gasteiger partial charge in [-0.15, -0.1) is 0 Å². The molecule has 0 heterocycles. The van der Waals surface area contributed by atoms with E-state index in [-0.39, 0.29) is 6.61 Å². The smallest absolute Gasteiger partial charge is 0.497 e. The molecule has 0 N–H and O–H groups in total. The molecule has 0 aliphatic heterocycles. The van der Waals surface area contributed by atoms with Crippen LogP contribution in [-0.2, 0) is 4.74 Å². The summed E-state index contributed by atoms with van der Waals surface area (Å²) in [5, 5.41) is 0. The van der Waals surface area contributed by atoms with Gasteiger partial charge >= 0.3 is 6.16 Å². The summed E-state index contributed by atoms with van der Waals surface area (Å²) >= 11 is 1.86. The van der Waals surface area contributed by atoms with Crippen molar-refractivity contribution in [3.8, 4) is 21.3 Å². The lowest BCUT2D eigenvalue weighted by molar-refractivity contribution is 0.111. The number of hydrogen-bond donors (Lipinski definition) is 0. The Labute approximate surface area is 107 Å². The number of hydrogen-bond acceptors (Lipinski definition) is 4. The monoisotopic (exact) mass is 332 g/mol. The Morgan fingerprint density at radius 1 is 1.31 bits per heavy atom. The summed E-state index contributed by atoms with van der Waals surface area (Å²) in [6.45, 7) is 0.0257. The zero-order valence-corrected chi connectivity index (χ0v) is 10.7. The first-order chi connectivity index (χ1) is 7.76. The number of halogens is 1. The van der Waals surface area contributed by atoms with E-state index in [4.69, 9.17) is 9.47 Å². The Hall–Kier alpha value is -1.42. The van der Waals surface area contributed by atoms with Gasteiger partial charge in [-0.2, -0.15) is 0 Å². The van der Waals surface area contributed by atoms with E-state index in [0.29, 0.717) is 11.5 Å². The number of carbonyl (C=O) groups excluding carboxylic acids is 1. The molecule has 0 aliphatic carbocycles. The third-order valence-corrected chi connectivity index (χ3v) is 1.97. The van der Waals surface area contributed by atoms with Gasteiger partial charge in [-0.1, -0.05) is 5.92 Å². The van der Waals surface area contributed by atoms with Gasteiger partial charge < -0.3 is 14.2 Å². The predicted octanol–water partition coefficient (Wildman–Crippen LogP) is 2.61. The molecule has 0 spiro atoms. The van der Waals surface area contributed by atoms with E-state index in [1.165, 1.54) is 0 Å². The minimum Gasteiger partial charge on any atom is -0.497 e. The van der Waals surface area contributed by atoms with E-state index >= 15 is 0 Å². The summed E-state index contributed by atoms with van der Waals surface area (Å²) < 4.78 is 17.1. The molecule has 0 aliphatic rings. The number of ether oxygens (including phenoxy) is 3. The third kappa shape index (κ3) is 4.40. The molecule has 5 heteroatoms. The van der Waals surface area contributed by atoms with Gasteiger partial charge in [0.15, 0.2) is 6.61 Å². The first kappa shape index (κ1) is 12.6. The Morgan fingerprint density at radius 2 is 1.94 bits per heavy atom. The molecule has 0 atom stereocenters. The van der Waals surface area contributed by atoms with Crippen molar-refractivity contribution in [2.75, 3.05) is 13.7 Å². The fourth-order valence-electron chi connectivity index (χ4n) is 0.892. The van der Waals surface area contributed by atoms with Crippen molar-refractivity contribution in [2.45, 2.75) is 0 Å². The van der Waals surface area contributed by atoms with E-state index in [1.807, 2.05) is 22.6 Å². The summed E-state index contributed by atoms with van der Waals surface area (Å²) in [4.78, 5) is 11.1. The van der Waals surface area contributed by atoms with Crippen LogP contribution in [0, 0.1) is 9.85 Å². The van der Waals surface area contributed by atoms with Gasteiger partial charge in [-0.05, 0) is 28.2 Å². The molecule has 0 aromatic heterocycles. The molecule has 0 amide bonds. The van der Waals surface area contributed by atoms with Gasteiger partial charge in [0.25, 0.3) is 0 Å². The molecule has 0 bridgehead atoms. The zero-order chi connectivity index (χ0) is 11.8. The van der Waals surface area contributed by atoms with Crippen LogP contribution in [-0.4, -0.2) is 19.9 Å². The number of benzene rings is 1. The molecular weight excluding hydrogens is 323 g/mol. The van der Waals surface area contributed by atoms with E-state index < -0.39 is 6.16 Å². The maximum Gasteiger partial charge on any atom is 0.514 e. The van der Waals surface area contributed by atoms with E-state index in [0.717, 1.165) is 0 Å². The van der Waals surface area contributed by atoms with Crippen molar-refractivity contribution in [3.05, 3.63) is 24.3 Å². The molecule has 4 nitrogen and oxygen atoms in total. The summed E-state index contributed by atoms with van der Waals surface area (Å²) in [7, 11) is 1.56. The van der Waals surface area contributed by atoms with E-state index in [1.54, 1.807) is 31.4 Å². The molecule has 0 radical (unpaired) electrons. The molecule has 16 heavy (non-hydrogen) atoms. The largest absolute Gasteiger partial charge is 0.514 e. The second-order valence-electron chi connectivity index (χ2n) is 2.59. The average Bonchev–Trinajstić information content (AvgIpc) is 2.30. The van der Waals surface area contributed by atoms with Crippen LogP contribution in [0.2, 0.25) is 0 Å². The third-order valence-electron chi connectivity index (χ3n) is 1.59. The first-order valence-corrected chi connectivity index (χ1v) is 5.41.